The van der Waals surface area contributed by atoms with Gasteiger partial charge >= 0.3 is 0 Å². The van der Waals surface area contributed by atoms with Gasteiger partial charge in [-0.25, -0.2) is 0 Å². The molecule has 8 heteroatoms. The Morgan fingerprint density at radius 2 is 1.70 bits per heavy atom. The molecule has 4 unspecified atom stereocenters. The van der Waals surface area contributed by atoms with Crippen LogP contribution in [0.4, 0.5) is 0 Å². The normalized spacial score (nSPS) is 31.6. The molecule has 7 nitrogen and oxygen atoms in total. The van der Waals surface area contributed by atoms with Crippen molar-refractivity contribution in [1.29, 1.82) is 0 Å². The number of benzene rings is 1. The summed E-state index contributed by atoms with van der Waals surface area (Å²) in [5.74, 6) is 0. The first-order valence-electron chi connectivity index (χ1n) is 7.40. The molecule has 2 saturated heterocycles. The van der Waals surface area contributed by atoms with Gasteiger partial charge in [-0.3, -0.25) is 4.18 Å². The molecule has 0 N–H and O–H groups in total. The maximum absolute atomic E-state index is 12.2. The molecule has 0 aliphatic carbocycles. The molecule has 2 aliphatic heterocycles. The summed E-state index contributed by atoms with van der Waals surface area (Å²) in [4.78, 5) is 0.118. The Morgan fingerprint density at radius 1 is 1.04 bits per heavy atom. The number of hydrogen-bond acceptors (Lipinski definition) is 7. The van der Waals surface area contributed by atoms with E-state index < -0.39 is 22.3 Å². The first-order chi connectivity index (χ1) is 11.0. The van der Waals surface area contributed by atoms with E-state index in [1.165, 1.54) is 12.1 Å². The molecule has 3 rings (SSSR count). The summed E-state index contributed by atoms with van der Waals surface area (Å²) in [6.07, 6.45) is -1.39. The van der Waals surface area contributed by atoms with Crippen molar-refractivity contribution in [3.05, 3.63) is 29.8 Å². The van der Waals surface area contributed by atoms with E-state index in [4.69, 9.17) is 23.1 Å². The lowest BCUT2D eigenvalue weighted by atomic mass is 10.0. The predicted molar refractivity (Wildman–Crippen MR) is 79.2 cm³/mol. The van der Waals surface area contributed by atoms with Gasteiger partial charge < -0.3 is 18.9 Å². The minimum atomic E-state index is -3.84. The van der Waals surface area contributed by atoms with Gasteiger partial charge in [0.15, 0.2) is 0 Å². The fraction of sp³-hybridized carbons (Fsp3) is 0.600. The molecule has 128 valence electrons. The number of ether oxygens (including phenoxy) is 4. The van der Waals surface area contributed by atoms with Crippen molar-refractivity contribution >= 4 is 10.1 Å². The van der Waals surface area contributed by atoms with E-state index in [1.54, 1.807) is 12.1 Å². The topological polar surface area (TPSA) is 80.3 Å². The predicted octanol–water partition coefficient (Wildman–Crippen LogP) is 1.20. The molecule has 1 aromatic carbocycles. The van der Waals surface area contributed by atoms with Crippen molar-refractivity contribution in [2.75, 3.05) is 20.2 Å². The average molecular weight is 344 g/mol. The molecule has 0 aromatic heterocycles. The van der Waals surface area contributed by atoms with E-state index in [-0.39, 0.29) is 37.3 Å². The summed E-state index contributed by atoms with van der Waals surface area (Å²) in [5.41, 5.74) is 0.976. The first-order valence-corrected chi connectivity index (χ1v) is 8.81. The van der Waals surface area contributed by atoms with E-state index in [1.807, 2.05) is 13.8 Å². The van der Waals surface area contributed by atoms with Crippen LogP contribution in [0.2, 0.25) is 0 Å². The van der Waals surface area contributed by atoms with Gasteiger partial charge in [0.1, 0.15) is 31.9 Å². The third-order valence-corrected chi connectivity index (χ3v) is 5.28. The Morgan fingerprint density at radius 3 is 2.43 bits per heavy atom. The minimum Gasteiger partial charge on any atom is -0.350 e. The first kappa shape index (κ1) is 16.8. The Kier molecular flexibility index (Phi) is 5.00. The molecule has 4 atom stereocenters. The monoisotopic (exact) mass is 344 g/mol. The SMILES string of the molecule is Cc1ccc(S(=O)(=O)OCC2OCOC3C(C)OCOC23)cc1. The van der Waals surface area contributed by atoms with E-state index in [9.17, 15) is 8.42 Å². The van der Waals surface area contributed by atoms with Gasteiger partial charge in [0.05, 0.1) is 17.6 Å². The second-order valence-electron chi connectivity index (χ2n) is 5.63. The Bertz CT molecular complexity index is 628. The third kappa shape index (κ3) is 3.73. The lowest BCUT2D eigenvalue weighted by Crippen LogP contribution is -2.57. The van der Waals surface area contributed by atoms with Gasteiger partial charge in [0, 0.05) is 0 Å². The van der Waals surface area contributed by atoms with E-state index in [2.05, 4.69) is 0 Å². The second-order valence-corrected chi connectivity index (χ2v) is 7.24. The molecule has 2 heterocycles. The largest absolute Gasteiger partial charge is 0.350 e. The Hall–Kier alpha value is -1.03. The Labute approximate surface area is 135 Å². The zero-order valence-electron chi connectivity index (χ0n) is 13.0. The highest BCUT2D eigenvalue weighted by Gasteiger charge is 2.43. The van der Waals surface area contributed by atoms with Crippen molar-refractivity contribution in [2.24, 2.45) is 0 Å². The van der Waals surface area contributed by atoms with Crippen LogP contribution in [0.3, 0.4) is 0 Å². The molecule has 0 spiro atoms. The third-order valence-electron chi connectivity index (χ3n) is 3.98. The van der Waals surface area contributed by atoms with Gasteiger partial charge in [-0.2, -0.15) is 8.42 Å². The molecular weight excluding hydrogens is 324 g/mol. The maximum atomic E-state index is 12.2. The van der Waals surface area contributed by atoms with Gasteiger partial charge in [-0.15, -0.1) is 0 Å². The van der Waals surface area contributed by atoms with E-state index >= 15 is 0 Å². The van der Waals surface area contributed by atoms with Crippen molar-refractivity contribution in [1.82, 2.24) is 0 Å². The quantitative estimate of drug-likeness (QED) is 0.759. The van der Waals surface area contributed by atoms with E-state index in [0.717, 1.165) is 5.56 Å². The fourth-order valence-electron chi connectivity index (χ4n) is 2.60. The average Bonchev–Trinajstić information content (AvgIpc) is 2.54. The minimum absolute atomic E-state index is 0.0524. The van der Waals surface area contributed by atoms with Gasteiger partial charge in [-0.1, -0.05) is 17.7 Å². The van der Waals surface area contributed by atoms with Crippen LogP contribution < -0.4 is 0 Å². The summed E-state index contributed by atoms with van der Waals surface area (Å²) in [6, 6.07) is 6.48. The van der Waals surface area contributed by atoms with Crippen LogP contribution in [0.25, 0.3) is 0 Å². The number of rotatable bonds is 4. The zero-order chi connectivity index (χ0) is 16.4. The van der Waals surface area contributed by atoms with Crippen LogP contribution in [0, 0.1) is 6.92 Å². The molecule has 2 aliphatic rings. The van der Waals surface area contributed by atoms with Gasteiger partial charge in [0.2, 0.25) is 0 Å². The summed E-state index contributed by atoms with van der Waals surface area (Å²) in [7, 11) is -3.84. The van der Waals surface area contributed by atoms with Crippen molar-refractivity contribution in [3.63, 3.8) is 0 Å². The van der Waals surface area contributed by atoms with Crippen molar-refractivity contribution in [3.8, 4) is 0 Å². The number of hydrogen-bond donors (Lipinski definition) is 0. The van der Waals surface area contributed by atoms with E-state index in [0.29, 0.717) is 0 Å². The lowest BCUT2D eigenvalue weighted by Gasteiger charge is -2.42. The van der Waals surface area contributed by atoms with Crippen LogP contribution in [0.15, 0.2) is 29.2 Å². The highest BCUT2D eigenvalue weighted by atomic mass is 32.2. The van der Waals surface area contributed by atoms with Crippen LogP contribution in [-0.2, 0) is 33.2 Å². The molecule has 2 fully saturated rings. The molecule has 0 amide bonds. The number of fused-ring (bicyclic) bond motifs is 1. The molecule has 23 heavy (non-hydrogen) atoms. The fourth-order valence-corrected chi connectivity index (χ4v) is 3.52. The molecule has 0 bridgehead atoms. The zero-order valence-corrected chi connectivity index (χ0v) is 13.8. The summed E-state index contributed by atoms with van der Waals surface area (Å²) in [6.45, 7) is 3.81. The summed E-state index contributed by atoms with van der Waals surface area (Å²) < 4.78 is 51.4. The second kappa shape index (κ2) is 6.84. The molecular formula is C15H20O7S. The van der Waals surface area contributed by atoms with Crippen molar-refractivity contribution < 1.29 is 31.5 Å². The van der Waals surface area contributed by atoms with Gasteiger partial charge in [0.25, 0.3) is 10.1 Å². The van der Waals surface area contributed by atoms with Crippen LogP contribution in [0.1, 0.15) is 12.5 Å². The maximum Gasteiger partial charge on any atom is 0.297 e. The molecule has 0 saturated carbocycles. The van der Waals surface area contributed by atoms with Gasteiger partial charge in [-0.05, 0) is 26.0 Å². The lowest BCUT2D eigenvalue weighted by molar-refractivity contribution is -0.321. The summed E-state index contributed by atoms with van der Waals surface area (Å²) >= 11 is 0. The smallest absolute Gasteiger partial charge is 0.297 e. The van der Waals surface area contributed by atoms with Crippen LogP contribution >= 0.6 is 0 Å². The van der Waals surface area contributed by atoms with Crippen LogP contribution in [-0.4, -0.2) is 53.0 Å². The highest BCUT2D eigenvalue weighted by molar-refractivity contribution is 7.86. The highest BCUT2D eigenvalue weighted by Crippen LogP contribution is 2.26. The van der Waals surface area contributed by atoms with Crippen molar-refractivity contribution in [2.45, 2.75) is 43.2 Å². The van der Waals surface area contributed by atoms with Crippen LogP contribution in [0.5, 0.6) is 0 Å². The molecule has 1 aromatic rings. The number of aryl methyl sites for hydroxylation is 1. The summed E-state index contributed by atoms with van der Waals surface area (Å²) in [5, 5.41) is 0. The Balaban J connectivity index is 1.66. The molecule has 0 radical (unpaired) electrons. The standard InChI is InChI=1S/C15H20O7S/c1-10-3-5-12(6-4-10)23(16,17)22-7-13-15-14(20-9-19-13)11(2)18-8-21-15/h3-6,11,13-15H,7-9H2,1-2H3.